The van der Waals surface area contributed by atoms with Gasteiger partial charge in [-0.3, -0.25) is 9.89 Å². The fourth-order valence-corrected chi connectivity index (χ4v) is 4.47. The van der Waals surface area contributed by atoms with E-state index in [1.807, 2.05) is 36.5 Å². The molecular formula is C23H17N3O2. The summed E-state index contributed by atoms with van der Waals surface area (Å²) in [7, 11) is 0. The summed E-state index contributed by atoms with van der Waals surface area (Å²) in [5, 5.41) is 10.1. The van der Waals surface area contributed by atoms with Crippen LogP contribution in [0, 0.1) is 0 Å². The van der Waals surface area contributed by atoms with Gasteiger partial charge < -0.3 is 4.42 Å². The zero-order valence-corrected chi connectivity index (χ0v) is 15.2. The molecule has 1 aliphatic rings. The van der Waals surface area contributed by atoms with Crippen LogP contribution in [-0.2, 0) is 12.8 Å². The number of para-hydroxylation sites is 1. The second-order valence-corrected chi connectivity index (χ2v) is 7.39. The number of hydrogen-bond donors (Lipinski definition) is 1. The molecule has 5 nitrogen and oxygen atoms in total. The summed E-state index contributed by atoms with van der Waals surface area (Å²) in [6.07, 6.45) is 6.10. The predicted octanol–water partition coefficient (Wildman–Crippen LogP) is 4.76. The number of hydrogen-bond acceptors (Lipinski definition) is 4. The van der Waals surface area contributed by atoms with Crippen LogP contribution in [0.1, 0.15) is 24.0 Å². The van der Waals surface area contributed by atoms with E-state index in [-0.39, 0.29) is 5.43 Å². The molecule has 136 valence electrons. The van der Waals surface area contributed by atoms with E-state index in [0.29, 0.717) is 16.7 Å². The van der Waals surface area contributed by atoms with E-state index in [9.17, 15) is 4.79 Å². The normalized spacial score (nSPS) is 14.0. The molecule has 1 aliphatic carbocycles. The summed E-state index contributed by atoms with van der Waals surface area (Å²) < 4.78 is 6.14. The first-order valence-corrected chi connectivity index (χ1v) is 9.60. The number of aryl methyl sites for hydroxylation is 1. The number of pyridine rings is 1. The first kappa shape index (κ1) is 15.6. The van der Waals surface area contributed by atoms with E-state index in [4.69, 9.17) is 9.40 Å². The summed E-state index contributed by atoms with van der Waals surface area (Å²) in [5.74, 6) is 0.552. The third-order valence-corrected chi connectivity index (χ3v) is 5.76. The van der Waals surface area contributed by atoms with Crippen LogP contribution in [0.4, 0.5) is 0 Å². The highest BCUT2D eigenvalue weighted by Crippen LogP contribution is 2.37. The van der Waals surface area contributed by atoms with E-state index >= 15 is 0 Å². The van der Waals surface area contributed by atoms with Crippen LogP contribution in [0.15, 0.2) is 57.9 Å². The van der Waals surface area contributed by atoms with Gasteiger partial charge >= 0.3 is 0 Å². The second kappa shape index (κ2) is 5.76. The molecule has 0 aliphatic heterocycles. The van der Waals surface area contributed by atoms with Crippen LogP contribution < -0.4 is 5.43 Å². The van der Waals surface area contributed by atoms with Gasteiger partial charge in [0.1, 0.15) is 11.3 Å². The first-order chi connectivity index (χ1) is 13.8. The fourth-order valence-electron chi connectivity index (χ4n) is 4.47. The van der Waals surface area contributed by atoms with Crippen molar-refractivity contribution in [2.75, 3.05) is 0 Å². The monoisotopic (exact) mass is 367 g/mol. The molecule has 0 saturated heterocycles. The Morgan fingerprint density at radius 1 is 0.964 bits per heavy atom. The Morgan fingerprint density at radius 2 is 1.82 bits per heavy atom. The molecule has 0 amide bonds. The van der Waals surface area contributed by atoms with E-state index in [1.54, 1.807) is 12.1 Å². The maximum atomic E-state index is 12.6. The topological polar surface area (TPSA) is 71.8 Å². The van der Waals surface area contributed by atoms with Crippen molar-refractivity contribution in [3.8, 4) is 11.5 Å². The van der Waals surface area contributed by atoms with Crippen LogP contribution in [0.25, 0.3) is 44.2 Å². The summed E-state index contributed by atoms with van der Waals surface area (Å²) in [4.78, 5) is 17.6. The lowest BCUT2D eigenvalue weighted by Gasteiger charge is -2.21. The smallest absolute Gasteiger partial charge is 0.193 e. The summed E-state index contributed by atoms with van der Waals surface area (Å²) in [5.41, 5.74) is 5.82. The average molecular weight is 367 g/mol. The van der Waals surface area contributed by atoms with Crippen LogP contribution >= 0.6 is 0 Å². The molecule has 0 atom stereocenters. The summed E-state index contributed by atoms with van der Waals surface area (Å²) in [6.45, 7) is 0. The van der Waals surface area contributed by atoms with Gasteiger partial charge in [0.15, 0.2) is 11.2 Å². The highest BCUT2D eigenvalue weighted by Gasteiger charge is 2.22. The van der Waals surface area contributed by atoms with Crippen molar-refractivity contribution in [2.45, 2.75) is 25.7 Å². The molecule has 3 aromatic heterocycles. The molecule has 0 bridgehead atoms. The van der Waals surface area contributed by atoms with Crippen molar-refractivity contribution in [1.82, 2.24) is 15.2 Å². The number of fused-ring (bicyclic) bond motifs is 6. The highest BCUT2D eigenvalue weighted by atomic mass is 16.3. The minimum atomic E-state index is -0.0337. The van der Waals surface area contributed by atoms with Crippen molar-refractivity contribution < 1.29 is 4.42 Å². The Bertz CT molecular complexity index is 1450. The zero-order valence-electron chi connectivity index (χ0n) is 15.2. The third kappa shape index (κ3) is 2.16. The summed E-state index contributed by atoms with van der Waals surface area (Å²) in [6, 6.07) is 13.0. The van der Waals surface area contributed by atoms with Crippen LogP contribution in [0.5, 0.6) is 0 Å². The molecule has 5 heteroatoms. The summed E-state index contributed by atoms with van der Waals surface area (Å²) >= 11 is 0. The lowest BCUT2D eigenvalue weighted by atomic mass is 9.86. The lowest BCUT2D eigenvalue weighted by Crippen LogP contribution is -2.09. The maximum absolute atomic E-state index is 12.6. The van der Waals surface area contributed by atoms with Crippen molar-refractivity contribution in [1.29, 1.82) is 0 Å². The molecule has 28 heavy (non-hydrogen) atoms. The molecule has 0 spiro atoms. The van der Waals surface area contributed by atoms with Crippen molar-refractivity contribution in [3.63, 3.8) is 0 Å². The Hall–Kier alpha value is -3.47. The molecule has 6 rings (SSSR count). The minimum Gasteiger partial charge on any atom is -0.454 e. The minimum absolute atomic E-state index is 0.0337. The molecule has 0 fully saturated rings. The molecule has 0 saturated carbocycles. The fraction of sp³-hybridized carbons (Fsp3) is 0.174. The quantitative estimate of drug-likeness (QED) is 0.463. The third-order valence-electron chi connectivity index (χ3n) is 5.76. The van der Waals surface area contributed by atoms with Gasteiger partial charge in [-0.15, -0.1) is 0 Å². The van der Waals surface area contributed by atoms with Gasteiger partial charge in [-0.25, -0.2) is 4.98 Å². The van der Waals surface area contributed by atoms with Gasteiger partial charge in [-0.05, 0) is 61.1 Å². The number of benzene rings is 2. The lowest BCUT2D eigenvalue weighted by molar-refractivity contribution is 0.611. The Balaban J connectivity index is 1.72. The maximum Gasteiger partial charge on any atom is 0.193 e. The van der Waals surface area contributed by atoms with Crippen molar-refractivity contribution in [2.24, 2.45) is 0 Å². The Morgan fingerprint density at radius 3 is 2.75 bits per heavy atom. The molecule has 3 heterocycles. The van der Waals surface area contributed by atoms with E-state index < -0.39 is 0 Å². The molecule has 1 N–H and O–H groups in total. The second-order valence-electron chi connectivity index (χ2n) is 7.39. The molecule has 0 radical (unpaired) electrons. The van der Waals surface area contributed by atoms with Gasteiger partial charge in [0.25, 0.3) is 0 Å². The number of aromatic nitrogens is 3. The van der Waals surface area contributed by atoms with Gasteiger partial charge in [0.05, 0.1) is 22.6 Å². The average Bonchev–Trinajstić information content (AvgIpc) is 3.22. The van der Waals surface area contributed by atoms with E-state index in [0.717, 1.165) is 47.8 Å². The van der Waals surface area contributed by atoms with Crippen LogP contribution in [0.3, 0.4) is 0 Å². The Kier molecular flexibility index (Phi) is 3.20. The van der Waals surface area contributed by atoms with E-state index in [1.165, 1.54) is 16.5 Å². The number of H-pyrrole nitrogens is 1. The van der Waals surface area contributed by atoms with Gasteiger partial charge in [-0.1, -0.05) is 12.1 Å². The number of nitrogens with zero attached hydrogens (tertiary/aromatic N) is 2. The van der Waals surface area contributed by atoms with Crippen molar-refractivity contribution >= 4 is 32.8 Å². The van der Waals surface area contributed by atoms with Gasteiger partial charge in [-0.2, -0.15) is 5.10 Å². The highest BCUT2D eigenvalue weighted by molar-refractivity contribution is 6.07. The largest absolute Gasteiger partial charge is 0.454 e. The Labute approximate surface area is 160 Å². The molecule has 0 unspecified atom stereocenters. The number of aromatic amines is 1. The number of nitrogens with one attached hydrogen (secondary N) is 1. The van der Waals surface area contributed by atoms with Gasteiger partial charge in [0.2, 0.25) is 0 Å². The SMILES string of the molecule is O=c1cc(-c2nc3ccc4[nH]ncc4c3c3c2CCCC3)oc2ccccc12. The first-order valence-electron chi connectivity index (χ1n) is 9.60. The number of rotatable bonds is 1. The molecular weight excluding hydrogens is 350 g/mol. The zero-order chi connectivity index (χ0) is 18.7. The van der Waals surface area contributed by atoms with E-state index in [2.05, 4.69) is 10.2 Å². The van der Waals surface area contributed by atoms with Crippen molar-refractivity contribution in [3.05, 3.63) is 70.0 Å². The van der Waals surface area contributed by atoms with Gasteiger partial charge in [0, 0.05) is 16.8 Å². The standard InChI is InChI=1S/C23H17N3O2/c27-19-11-21(28-20-8-4-3-7-15(19)20)23-14-6-2-1-5-13(14)22-16-12-24-26-17(16)9-10-18(22)25-23/h3-4,7-12H,1-2,5-6H2,(H,24,26). The van der Waals surface area contributed by atoms with Crippen LogP contribution in [0.2, 0.25) is 0 Å². The predicted molar refractivity (Wildman–Crippen MR) is 110 cm³/mol. The molecule has 5 aromatic rings. The molecule has 2 aromatic carbocycles. The van der Waals surface area contributed by atoms with Crippen LogP contribution in [-0.4, -0.2) is 15.2 Å².